The van der Waals surface area contributed by atoms with Crippen LogP contribution in [-0.4, -0.2) is 122 Å². The molecule has 0 fully saturated rings. The molecule has 28 nitrogen and oxygen atoms in total. The average Bonchev–Trinajstić information content (AvgIpc) is 2.82. The monoisotopic (exact) mass is 1190 g/mol. The minimum absolute atomic E-state index is 0. The molecule has 56 heavy (non-hydrogen) atoms. The van der Waals surface area contributed by atoms with E-state index in [9.17, 15) is 36.5 Å². The predicted octanol–water partition coefficient (Wildman–Crippen LogP) is -9.92. The second-order valence-corrected chi connectivity index (χ2v) is 27.1. The molecule has 0 aliphatic heterocycles. The number of hydrogen-bond acceptors (Lipinski definition) is 16. The van der Waals surface area contributed by atoms with Crippen molar-refractivity contribution in [3.8, 4) is 0 Å². The standard InChI is InChI=1S/4C2H6Cl2O7P2.4Na.4H/c4*3-1(4)11-13(9,10)2(5)12(6,7)8;;;;;;;;/h4*1-2,5H,(H,9,10)(H2,6,7,8);;;;;;;;/q;;;;4*+1;4*-1. The summed E-state index contributed by atoms with van der Waals surface area (Å²) in [4.78, 5) is 101. The topological polar surface area (TPSA) is 497 Å². The van der Waals surface area contributed by atoms with E-state index in [4.69, 9.17) is 172 Å². The number of aliphatic hydroxyl groups is 4. The minimum atomic E-state index is -5.13. The zero-order valence-corrected chi connectivity index (χ0v) is 48.5. The third-order valence-corrected chi connectivity index (χ3v) is 18.9. The van der Waals surface area contributed by atoms with Gasteiger partial charge in [0.2, 0.25) is 20.1 Å². The first-order chi connectivity index (χ1) is 22.3. The molecule has 0 bridgehead atoms. The van der Waals surface area contributed by atoms with Crippen LogP contribution in [0.4, 0.5) is 0 Å². The molecule has 0 radical (unpaired) electrons. The van der Waals surface area contributed by atoms with E-state index in [2.05, 4.69) is 18.1 Å². The van der Waals surface area contributed by atoms with Gasteiger partial charge in [0.1, 0.15) is 0 Å². The molecule has 0 amide bonds. The minimum Gasteiger partial charge on any atom is -1.00 e. The van der Waals surface area contributed by atoms with Crippen LogP contribution in [0.25, 0.3) is 0 Å². The van der Waals surface area contributed by atoms with Crippen LogP contribution in [0.3, 0.4) is 0 Å². The third-order valence-electron chi connectivity index (χ3n) is 3.29. The summed E-state index contributed by atoms with van der Waals surface area (Å²) in [6.07, 6.45) is 0. The quantitative estimate of drug-likeness (QED) is 0.0388. The van der Waals surface area contributed by atoms with Gasteiger partial charge in [0.05, 0.1) is 0 Å². The number of rotatable bonds is 16. The summed E-state index contributed by atoms with van der Waals surface area (Å²) in [6, 6.07) is 0. The van der Waals surface area contributed by atoms with Crippen LogP contribution in [0.15, 0.2) is 0 Å². The Morgan fingerprint density at radius 2 is 0.393 bits per heavy atom. The smallest absolute Gasteiger partial charge is 1.00 e. The van der Waals surface area contributed by atoms with Crippen LogP contribution < -0.4 is 118 Å². The Bertz CT molecular complexity index is 1290. The van der Waals surface area contributed by atoms with E-state index in [1.165, 1.54) is 0 Å². The fourth-order valence-electron chi connectivity index (χ4n) is 1.43. The predicted molar refractivity (Wildman–Crippen MR) is 182 cm³/mol. The first-order valence-corrected chi connectivity index (χ1v) is 27.2. The maximum atomic E-state index is 10.8. The van der Waals surface area contributed by atoms with Crippen molar-refractivity contribution in [2.75, 3.05) is 0 Å². The normalized spacial score (nSPS) is 18.5. The Hall–Kier alpha value is 7.36. The molecule has 0 heterocycles. The van der Waals surface area contributed by atoms with E-state index in [-0.39, 0.29) is 124 Å². The van der Waals surface area contributed by atoms with Gasteiger partial charge in [-0.2, -0.15) is 0 Å². The van der Waals surface area contributed by atoms with Crippen LogP contribution in [0.5, 0.6) is 0 Å². The van der Waals surface area contributed by atoms with E-state index in [1.807, 2.05) is 0 Å². The molecule has 0 aliphatic carbocycles. The largest absolute Gasteiger partial charge is 1.00 e. The zero-order chi connectivity index (χ0) is 43.4. The van der Waals surface area contributed by atoms with E-state index >= 15 is 0 Å². The SMILES string of the molecule is O=P(O)(O)C(O)P(=O)(O)OC(Cl)Cl.O=P(O)(O)C(O)P(=O)(O)OC(Cl)Cl.O=P(O)(O)C(O)P(=O)(O)OC(Cl)Cl.O=P(O)(O)C(O)P(=O)(O)OC(Cl)Cl.[H-].[H-].[H-].[H-].[Na+].[Na+].[Na+].[Na+]. The first kappa shape index (κ1) is 80.4. The summed E-state index contributed by atoms with van der Waals surface area (Å²) in [5, 5.41) is 27.5. The van der Waals surface area contributed by atoms with Crippen LogP contribution in [-0.2, 0) is 54.6 Å². The molecule has 0 spiro atoms. The van der Waals surface area contributed by atoms with Gasteiger partial charge in [-0.15, -0.1) is 0 Å². The van der Waals surface area contributed by atoms with Crippen molar-refractivity contribution in [3.63, 3.8) is 0 Å². The molecule has 0 saturated heterocycles. The molecular formula is C8H28Cl8Na4O28P8. The molecule has 0 aromatic heterocycles. The second-order valence-electron chi connectivity index (χ2n) is 7.46. The van der Waals surface area contributed by atoms with Gasteiger partial charge in [0, 0.05) is 0 Å². The van der Waals surface area contributed by atoms with Gasteiger partial charge in [0.15, 0.2) is 0 Å². The molecule has 48 heteroatoms. The van der Waals surface area contributed by atoms with Crippen molar-refractivity contribution in [3.05, 3.63) is 0 Å². The van der Waals surface area contributed by atoms with Gasteiger partial charge >= 0.3 is 179 Å². The van der Waals surface area contributed by atoms with Crippen molar-refractivity contribution >= 4 is 154 Å². The van der Waals surface area contributed by atoms with Gasteiger partial charge in [-0.3, -0.25) is 54.6 Å². The number of alkyl halides is 8. The third kappa shape index (κ3) is 39.4. The zero-order valence-electron chi connectivity index (χ0n) is 31.3. The number of hydrogen-bond donors (Lipinski definition) is 16. The molecule has 0 aromatic carbocycles. The van der Waals surface area contributed by atoms with E-state index < -0.39 is 103 Å². The van der Waals surface area contributed by atoms with E-state index in [0.29, 0.717) is 0 Å². The average molecular weight is 1200 g/mol. The second kappa shape index (κ2) is 33.8. The number of aliphatic hydroxyl groups excluding tert-OH is 4. The van der Waals surface area contributed by atoms with Crippen molar-refractivity contribution in [1.29, 1.82) is 0 Å². The van der Waals surface area contributed by atoms with E-state index in [1.54, 1.807) is 0 Å². The van der Waals surface area contributed by atoms with Gasteiger partial charge in [-0.25, -0.2) is 0 Å². The molecule has 0 aliphatic rings. The van der Waals surface area contributed by atoms with Crippen LogP contribution in [0, 0.1) is 0 Å². The van der Waals surface area contributed by atoms with Crippen molar-refractivity contribution < 1.29 is 258 Å². The Labute approximate surface area is 447 Å². The van der Waals surface area contributed by atoms with Crippen LogP contribution >= 0.6 is 154 Å². The van der Waals surface area contributed by atoms with Crippen LogP contribution in [0.2, 0.25) is 0 Å². The molecule has 8 unspecified atom stereocenters. The van der Waals surface area contributed by atoms with Gasteiger partial charge < -0.3 is 84.9 Å². The van der Waals surface area contributed by atoms with Crippen LogP contribution in [0.1, 0.15) is 5.71 Å². The van der Waals surface area contributed by atoms with Crippen molar-refractivity contribution in [2.45, 2.75) is 42.4 Å². The Balaban J connectivity index is -0.0000000490. The summed E-state index contributed by atoms with van der Waals surface area (Å²) in [5.74, 6) is 0. The summed E-state index contributed by atoms with van der Waals surface area (Å²) < 4.78 is 99.7. The fraction of sp³-hybridized carbons (Fsp3) is 1.00. The van der Waals surface area contributed by atoms with Crippen molar-refractivity contribution in [1.82, 2.24) is 0 Å². The van der Waals surface area contributed by atoms with Gasteiger partial charge in [0.25, 0.3) is 22.3 Å². The molecule has 0 aromatic rings. The number of halogens is 8. The molecule has 328 valence electrons. The molecule has 16 N–H and O–H groups in total. The molecule has 8 atom stereocenters. The summed E-state index contributed by atoms with van der Waals surface area (Å²) in [6.45, 7) is 0. The molecule has 0 rings (SSSR count). The Morgan fingerprint density at radius 1 is 0.304 bits per heavy atom. The first-order valence-electron chi connectivity index (χ1n) is 10.4. The Kier molecular flexibility index (Phi) is 48.5. The summed E-state index contributed by atoms with van der Waals surface area (Å²) in [5.41, 5.74) is -11.4. The molecular weight excluding hydrogens is 1170 g/mol. The van der Waals surface area contributed by atoms with Gasteiger partial charge in [-0.1, -0.05) is 92.8 Å². The molecule has 0 saturated carbocycles. The fourth-order valence-corrected chi connectivity index (χ4v) is 12.3. The van der Waals surface area contributed by atoms with Crippen molar-refractivity contribution in [2.24, 2.45) is 0 Å². The Morgan fingerprint density at radius 3 is 0.446 bits per heavy atom. The summed E-state index contributed by atoms with van der Waals surface area (Å²) in [7, 11) is -40.3. The van der Waals surface area contributed by atoms with Gasteiger partial charge in [-0.05, 0) is 0 Å². The maximum Gasteiger partial charge on any atom is 1.00 e. The van der Waals surface area contributed by atoms with E-state index in [0.717, 1.165) is 0 Å². The maximum absolute atomic E-state index is 10.8. The summed E-state index contributed by atoms with van der Waals surface area (Å²) >= 11 is 39.2.